The SMILES string of the molecule is C=C/C=C(\C=C/C)C(Cl)CNc1nc(SCC)nc(N(CCCC)C(=O)OCCN2CCN(C)CC2)c1C=N. The van der Waals surface area contributed by atoms with Crippen molar-refractivity contribution in [3.8, 4) is 0 Å². The van der Waals surface area contributed by atoms with Gasteiger partial charge in [0.1, 0.15) is 12.4 Å². The number of nitrogens with one attached hydrogen (secondary N) is 2. The maximum Gasteiger partial charge on any atom is 0.415 e. The summed E-state index contributed by atoms with van der Waals surface area (Å²) in [6, 6.07) is 0. The van der Waals surface area contributed by atoms with E-state index >= 15 is 0 Å². The Morgan fingerprint density at radius 2 is 2.05 bits per heavy atom. The number of hydrogen-bond acceptors (Lipinski definition) is 9. The summed E-state index contributed by atoms with van der Waals surface area (Å²) in [4.78, 5) is 28.9. The molecule has 2 heterocycles. The second kappa shape index (κ2) is 18.0. The first-order valence-corrected chi connectivity index (χ1v) is 15.0. The van der Waals surface area contributed by atoms with Crippen LogP contribution in [0.4, 0.5) is 16.4 Å². The first kappa shape index (κ1) is 32.8. The van der Waals surface area contributed by atoms with Crippen molar-refractivity contribution in [1.82, 2.24) is 19.8 Å². The highest BCUT2D eigenvalue weighted by Gasteiger charge is 2.25. The van der Waals surface area contributed by atoms with E-state index in [1.807, 2.05) is 32.1 Å². The monoisotopic (exact) mass is 577 g/mol. The number of carbonyl (C=O) groups excluding carboxylic acids is 1. The van der Waals surface area contributed by atoms with Crippen LogP contribution in [0, 0.1) is 5.41 Å². The maximum atomic E-state index is 13.4. The van der Waals surface area contributed by atoms with E-state index in [1.54, 1.807) is 11.0 Å². The minimum Gasteiger partial charge on any atom is -0.448 e. The molecule has 1 aliphatic rings. The van der Waals surface area contributed by atoms with Crippen LogP contribution in [0.1, 0.15) is 39.2 Å². The van der Waals surface area contributed by atoms with E-state index in [2.05, 4.69) is 40.7 Å². The largest absolute Gasteiger partial charge is 0.448 e. The van der Waals surface area contributed by atoms with Crippen molar-refractivity contribution in [1.29, 1.82) is 5.41 Å². The molecule has 0 spiro atoms. The molecule has 1 fully saturated rings. The highest BCUT2D eigenvalue weighted by molar-refractivity contribution is 7.99. The van der Waals surface area contributed by atoms with Gasteiger partial charge in [-0.25, -0.2) is 14.8 Å². The molecule has 1 aromatic heterocycles. The summed E-state index contributed by atoms with van der Waals surface area (Å²) in [7, 11) is 2.12. The lowest BCUT2D eigenvalue weighted by Crippen LogP contribution is -2.46. The Morgan fingerprint density at radius 1 is 1.31 bits per heavy atom. The predicted octanol–water partition coefficient (Wildman–Crippen LogP) is 5.28. The molecule has 11 heteroatoms. The number of allylic oxidation sites excluding steroid dienone is 4. The van der Waals surface area contributed by atoms with E-state index in [4.69, 9.17) is 26.7 Å². The lowest BCUT2D eigenvalue weighted by Gasteiger charge is -2.32. The number of anilines is 2. The molecule has 2 N–H and O–H groups in total. The zero-order valence-corrected chi connectivity index (χ0v) is 25.4. The smallest absolute Gasteiger partial charge is 0.415 e. The van der Waals surface area contributed by atoms with Gasteiger partial charge in [0.15, 0.2) is 11.0 Å². The number of hydrogen-bond donors (Lipinski definition) is 2. The number of unbranched alkanes of at least 4 members (excludes halogenated alkanes) is 1. The Balaban J connectivity index is 2.29. The standard InChI is InChI=1S/C28H44ClN7O2S/c1-6-10-13-36(28(37)38-19-18-35-16-14-34(5)15-17-35)26-23(20-30)25(32-27(33-26)39-9-4)31-21-24(29)22(11-7-2)12-8-3/h7-8,11-12,20,24,30H,2,6,9-10,13-19,21H2,1,3-5H3,(H,31,32,33)/b12-8-,22-11+,30-20?. The molecule has 0 radical (unpaired) electrons. The number of rotatable bonds is 16. The van der Waals surface area contributed by atoms with Crippen molar-refractivity contribution < 1.29 is 9.53 Å². The molecule has 2 rings (SSSR count). The number of piperazine rings is 1. The average Bonchev–Trinajstić information content (AvgIpc) is 2.93. The first-order valence-electron chi connectivity index (χ1n) is 13.6. The molecule has 1 aliphatic heterocycles. The number of halogens is 1. The zero-order valence-electron chi connectivity index (χ0n) is 23.8. The Morgan fingerprint density at radius 3 is 2.67 bits per heavy atom. The third-order valence-corrected chi connectivity index (χ3v) is 7.38. The van der Waals surface area contributed by atoms with Crippen LogP contribution in [0.15, 0.2) is 41.6 Å². The molecule has 9 nitrogen and oxygen atoms in total. The van der Waals surface area contributed by atoms with E-state index in [0.29, 0.717) is 48.6 Å². The molecular weight excluding hydrogens is 534 g/mol. The van der Waals surface area contributed by atoms with Gasteiger partial charge in [0.2, 0.25) is 0 Å². The van der Waals surface area contributed by atoms with Crippen molar-refractivity contribution in [2.75, 3.05) is 75.4 Å². The van der Waals surface area contributed by atoms with Crippen LogP contribution < -0.4 is 10.2 Å². The van der Waals surface area contributed by atoms with Crippen LogP contribution in [0.2, 0.25) is 0 Å². The minimum atomic E-state index is -0.461. The summed E-state index contributed by atoms with van der Waals surface area (Å²) in [5.41, 5.74) is 1.33. The van der Waals surface area contributed by atoms with Crippen LogP contribution in [0.5, 0.6) is 0 Å². The number of amides is 1. The molecule has 1 unspecified atom stereocenters. The van der Waals surface area contributed by atoms with Crippen molar-refractivity contribution in [3.05, 3.63) is 42.0 Å². The predicted molar refractivity (Wildman–Crippen MR) is 165 cm³/mol. The molecule has 216 valence electrons. The van der Waals surface area contributed by atoms with Gasteiger partial charge in [-0.1, -0.05) is 62.9 Å². The molecule has 0 aliphatic carbocycles. The molecule has 1 saturated heterocycles. The fourth-order valence-corrected chi connectivity index (χ4v) is 4.80. The molecule has 0 saturated carbocycles. The fourth-order valence-electron chi connectivity index (χ4n) is 4.01. The molecule has 1 atom stereocenters. The van der Waals surface area contributed by atoms with Crippen LogP contribution in [0.25, 0.3) is 0 Å². The Kier molecular flexibility index (Phi) is 15.2. The van der Waals surface area contributed by atoms with E-state index in [0.717, 1.165) is 50.3 Å². The van der Waals surface area contributed by atoms with Gasteiger partial charge in [-0.15, -0.1) is 11.6 Å². The van der Waals surface area contributed by atoms with Crippen LogP contribution in [-0.2, 0) is 4.74 Å². The van der Waals surface area contributed by atoms with Gasteiger partial charge in [0, 0.05) is 52.0 Å². The summed E-state index contributed by atoms with van der Waals surface area (Å²) in [6.45, 7) is 15.5. The molecular formula is C28H44ClN7O2S. The summed E-state index contributed by atoms with van der Waals surface area (Å²) < 4.78 is 5.73. The quantitative estimate of drug-likeness (QED) is 0.0900. The second-order valence-corrected chi connectivity index (χ2v) is 10.9. The van der Waals surface area contributed by atoms with Gasteiger partial charge >= 0.3 is 6.09 Å². The maximum absolute atomic E-state index is 13.4. The zero-order chi connectivity index (χ0) is 28.6. The molecule has 0 aromatic carbocycles. The average molecular weight is 578 g/mol. The summed E-state index contributed by atoms with van der Waals surface area (Å²) in [6.07, 6.45) is 9.83. The number of alkyl halides is 1. The minimum absolute atomic E-state index is 0.301. The van der Waals surface area contributed by atoms with Crippen LogP contribution >= 0.6 is 23.4 Å². The number of ether oxygens (including phenoxy) is 1. The lowest BCUT2D eigenvalue weighted by molar-refractivity contribution is 0.107. The highest BCUT2D eigenvalue weighted by atomic mass is 35.5. The molecule has 39 heavy (non-hydrogen) atoms. The van der Waals surface area contributed by atoms with Gasteiger partial charge in [0.05, 0.1) is 10.9 Å². The number of nitrogens with zero attached hydrogens (tertiary/aromatic N) is 5. The van der Waals surface area contributed by atoms with Crippen molar-refractivity contribution in [2.24, 2.45) is 0 Å². The van der Waals surface area contributed by atoms with Gasteiger partial charge in [-0.3, -0.25) is 9.80 Å². The second-order valence-electron chi connectivity index (χ2n) is 9.18. The Labute approximate surface area is 243 Å². The van der Waals surface area contributed by atoms with E-state index in [9.17, 15) is 4.79 Å². The first-order chi connectivity index (χ1) is 18.9. The van der Waals surface area contributed by atoms with Crippen molar-refractivity contribution >= 4 is 47.3 Å². The third kappa shape index (κ3) is 10.6. The molecule has 1 amide bonds. The van der Waals surface area contributed by atoms with Crippen molar-refractivity contribution in [3.63, 3.8) is 0 Å². The number of aromatic nitrogens is 2. The Hall–Kier alpha value is -2.40. The summed E-state index contributed by atoms with van der Waals surface area (Å²) in [5, 5.41) is 11.7. The molecule has 0 bridgehead atoms. The van der Waals surface area contributed by atoms with Crippen LogP contribution in [-0.4, -0.2) is 103 Å². The molecule has 1 aromatic rings. The number of carbonyl (C=O) groups is 1. The number of likely N-dealkylation sites (N-methyl/N-ethyl adjacent to an activating group) is 1. The Bertz CT molecular complexity index is 996. The normalized spacial score (nSPS) is 15.8. The van der Waals surface area contributed by atoms with Crippen LogP contribution in [0.3, 0.4) is 0 Å². The van der Waals surface area contributed by atoms with Gasteiger partial charge in [-0.2, -0.15) is 0 Å². The van der Waals surface area contributed by atoms with Gasteiger partial charge in [0.25, 0.3) is 0 Å². The topological polar surface area (TPSA) is 97.7 Å². The van der Waals surface area contributed by atoms with Crippen molar-refractivity contribution in [2.45, 2.75) is 44.1 Å². The van der Waals surface area contributed by atoms with Gasteiger partial charge in [-0.05, 0) is 31.7 Å². The number of thioether (sulfide) groups is 1. The summed E-state index contributed by atoms with van der Waals surface area (Å²) >= 11 is 8.15. The van der Waals surface area contributed by atoms with E-state index in [-0.39, 0.29) is 5.38 Å². The third-order valence-electron chi connectivity index (χ3n) is 6.24. The van der Waals surface area contributed by atoms with E-state index < -0.39 is 6.09 Å². The summed E-state index contributed by atoms with van der Waals surface area (Å²) in [5.74, 6) is 1.60. The lowest BCUT2D eigenvalue weighted by atomic mass is 10.1. The van der Waals surface area contributed by atoms with E-state index in [1.165, 1.54) is 18.0 Å². The fraction of sp³-hybridized carbons (Fsp3) is 0.571. The van der Waals surface area contributed by atoms with Gasteiger partial charge < -0.3 is 20.4 Å². The highest BCUT2D eigenvalue weighted by Crippen LogP contribution is 2.28.